The highest BCUT2D eigenvalue weighted by Gasteiger charge is 2.23. The van der Waals surface area contributed by atoms with Gasteiger partial charge in [0.25, 0.3) is 0 Å². The summed E-state index contributed by atoms with van der Waals surface area (Å²) in [6.07, 6.45) is 6.58. The highest BCUT2D eigenvalue weighted by atomic mass is 16.5. The van der Waals surface area contributed by atoms with Gasteiger partial charge in [0.15, 0.2) is 0 Å². The molecule has 0 radical (unpaired) electrons. The van der Waals surface area contributed by atoms with Crippen molar-refractivity contribution < 1.29 is 9.47 Å². The quantitative estimate of drug-likeness (QED) is 0.736. The Balaban J connectivity index is 2.29. The molecule has 0 saturated heterocycles. The third-order valence-electron chi connectivity index (χ3n) is 3.01. The second kappa shape index (κ2) is 6.38. The predicted molar refractivity (Wildman–Crippen MR) is 57.3 cm³/mol. The van der Waals surface area contributed by atoms with Crippen molar-refractivity contribution in [3.63, 3.8) is 0 Å². The van der Waals surface area contributed by atoms with E-state index in [0.717, 1.165) is 19.3 Å². The number of methoxy groups -OCH3 is 1. The van der Waals surface area contributed by atoms with Gasteiger partial charge in [-0.3, -0.25) is 0 Å². The molecule has 3 atom stereocenters. The lowest BCUT2D eigenvalue weighted by molar-refractivity contribution is -0.0625. The molecule has 0 aliphatic heterocycles. The first-order valence-electron chi connectivity index (χ1n) is 5.68. The Kier molecular flexibility index (Phi) is 5.45. The summed E-state index contributed by atoms with van der Waals surface area (Å²) in [5.74, 6) is 0. The van der Waals surface area contributed by atoms with Gasteiger partial charge < -0.3 is 15.2 Å². The topological polar surface area (TPSA) is 44.5 Å². The summed E-state index contributed by atoms with van der Waals surface area (Å²) in [5, 5.41) is 0. The molecule has 1 saturated carbocycles. The molecule has 84 valence electrons. The zero-order chi connectivity index (χ0) is 10.4. The van der Waals surface area contributed by atoms with Crippen LogP contribution >= 0.6 is 0 Å². The van der Waals surface area contributed by atoms with E-state index in [-0.39, 0.29) is 6.10 Å². The maximum absolute atomic E-state index is 5.92. The van der Waals surface area contributed by atoms with Gasteiger partial charge in [0.05, 0.1) is 18.3 Å². The van der Waals surface area contributed by atoms with Gasteiger partial charge in [-0.15, -0.1) is 0 Å². The number of nitrogens with two attached hydrogens (primary N) is 1. The molecule has 3 heteroatoms. The van der Waals surface area contributed by atoms with Crippen LogP contribution in [0, 0.1) is 0 Å². The van der Waals surface area contributed by atoms with Crippen molar-refractivity contribution in [1.29, 1.82) is 0 Å². The Bertz CT molecular complexity index is 148. The molecule has 0 spiro atoms. The van der Waals surface area contributed by atoms with Crippen molar-refractivity contribution in [2.45, 2.75) is 57.3 Å². The van der Waals surface area contributed by atoms with E-state index in [1.54, 1.807) is 7.11 Å². The molecule has 0 amide bonds. The van der Waals surface area contributed by atoms with E-state index in [4.69, 9.17) is 15.2 Å². The Hall–Kier alpha value is -0.120. The van der Waals surface area contributed by atoms with Crippen molar-refractivity contribution in [1.82, 2.24) is 0 Å². The van der Waals surface area contributed by atoms with Crippen LogP contribution in [0.1, 0.15) is 39.0 Å². The van der Waals surface area contributed by atoms with E-state index in [1.807, 2.05) is 0 Å². The molecule has 0 heterocycles. The third kappa shape index (κ3) is 3.56. The van der Waals surface area contributed by atoms with Crippen molar-refractivity contribution in [2.24, 2.45) is 5.73 Å². The van der Waals surface area contributed by atoms with E-state index >= 15 is 0 Å². The van der Waals surface area contributed by atoms with Gasteiger partial charge in [0.1, 0.15) is 0 Å². The lowest BCUT2D eigenvalue weighted by Gasteiger charge is -2.30. The number of rotatable bonds is 5. The van der Waals surface area contributed by atoms with Crippen LogP contribution in [0.2, 0.25) is 0 Å². The van der Waals surface area contributed by atoms with E-state index in [2.05, 4.69) is 6.92 Å². The highest BCUT2D eigenvalue weighted by Crippen LogP contribution is 2.24. The normalized spacial score (nSPS) is 30.2. The summed E-state index contributed by atoms with van der Waals surface area (Å²) in [7, 11) is 1.79. The van der Waals surface area contributed by atoms with Crippen LogP contribution in [-0.2, 0) is 9.47 Å². The van der Waals surface area contributed by atoms with Gasteiger partial charge >= 0.3 is 0 Å². The van der Waals surface area contributed by atoms with Gasteiger partial charge in [-0.2, -0.15) is 0 Å². The Morgan fingerprint density at radius 3 is 2.64 bits per heavy atom. The second-order valence-electron chi connectivity index (χ2n) is 4.05. The average molecular weight is 201 g/mol. The van der Waals surface area contributed by atoms with Crippen molar-refractivity contribution in [3.05, 3.63) is 0 Å². The van der Waals surface area contributed by atoms with Crippen molar-refractivity contribution in [2.75, 3.05) is 13.7 Å². The molecule has 0 aromatic carbocycles. The van der Waals surface area contributed by atoms with E-state index in [0.29, 0.717) is 18.8 Å². The summed E-state index contributed by atoms with van der Waals surface area (Å²) in [6.45, 7) is 2.75. The summed E-state index contributed by atoms with van der Waals surface area (Å²) in [4.78, 5) is 0. The first kappa shape index (κ1) is 12.0. The maximum atomic E-state index is 5.92. The molecule has 0 aromatic heterocycles. The lowest BCUT2D eigenvalue weighted by atomic mass is 9.94. The summed E-state index contributed by atoms with van der Waals surface area (Å²) >= 11 is 0. The van der Waals surface area contributed by atoms with Crippen LogP contribution in [0.25, 0.3) is 0 Å². The molecular weight excluding hydrogens is 178 g/mol. The highest BCUT2D eigenvalue weighted by molar-refractivity contribution is 4.75. The predicted octanol–water partition coefficient (Wildman–Crippen LogP) is 1.70. The largest absolute Gasteiger partial charge is 0.381 e. The Morgan fingerprint density at radius 2 is 2.07 bits per heavy atom. The van der Waals surface area contributed by atoms with Gasteiger partial charge in [0, 0.05) is 13.7 Å². The molecule has 2 N–H and O–H groups in total. The molecule has 1 aliphatic rings. The van der Waals surface area contributed by atoms with Gasteiger partial charge in [-0.05, 0) is 32.1 Å². The zero-order valence-corrected chi connectivity index (χ0v) is 9.37. The minimum atomic E-state index is 0.232. The maximum Gasteiger partial charge on any atom is 0.0698 e. The monoisotopic (exact) mass is 201 g/mol. The van der Waals surface area contributed by atoms with Crippen LogP contribution in [0.15, 0.2) is 0 Å². The van der Waals surface area contributed by atoms with E-state index in [9.17, 15) is 0 Å². The molecular formula is C11H23NO2. The molecule has 1 rings (SSSR count). The standard InChI is InChI=1S/C11H23NO2/c1-3-9(8-12)14-11-6-4-5-10(7-11)13-2/h9-11H,3-8,12H2,1-2H3. The summed E-state index contributed by atoms with van der Waals surface area (Å²) in [5.41, 5.74) is 5.61. The second-order valence-corrected chi connectivity index (χ2v) is 4.05. The fraction of sp³-hybridized carbons (Fsp3) is 1.00. The third-order valence-corrected chi connectivity index (χ3v) is 3.01. The molecule has 1 aliphatic carbocycles. The van der Waals surface area contributed by atoms with Gasteiger partial charge in [-0.25, -0.2) is 0 Å². The van der Waals surface area contributed by atoms with Crippen LogP contribution in [0.3, 0.4) is 0 Å². The van der Waals surface area contributed by atoms with E-state index in [1.165, 1.54) is 12.8 Å². The minimum Gasteiger partial charge on any atom is -0.381 e. The first-order chi connectivity index (χ1) is 6.80. The first-order valence-corrected chi connectivity index (χ1v) is 5.68. The zero-order valence-electron chi connectivity index (χ0n) is 9.37. The Morgan fingerprint density at radius 1 is 1.36 bits per heavy atom. The fourth-order valence-electron chi connectivity index (χ4n) is 2.03. The molecule has 3 nitrogen and oxygen atoms in total. The fourth-order valence-corrected chi connectivity index (χ4v) is 2.03. The average Bonchev–Trinajstić information content (AvgIpc) is 2.26. The molecule has 0 aromatic rings. The number of hydrogen-bond donors (Lipinski definition) is 1. The summed E-state index contributed by atoms with van der Waals surface area (Å²) < 4.78 is 11.3. The van der Waals surface area contributed by atoms with E-state index < -0.39 is 0 Å². The van der Waals surface area contributed by atoms with Crippen LogP contribution < -0.4 is 5.73 Å². The van der Waals surface area contributed by atoms with Gasteiger partial charge in [0.2, 0.25) is 0 Å². The molecule has 1 fully saturated rings. The SMILES string of the molecule is CCC(CN)OC1CCCC(OC)C1. The van der Waals surface area contributed by atoms with Crippen molar-refractivity contribution >= 4 is 0 Å². The van der Waals surface area contributed by atoms with Crippen LogP contribution in [-0.4, -0.2) is 32.0 Å². The molecule has 0 bridgehead atoms. The number of ether oxygens (including phenoxy) is 2. The molecule has 3 unspecified atom stereocenters. The minimum absolute atomic E-state index is 0.232. The van der Waals surface area contributed by atoms with Crippen LogP contribution in [0.5, 0.6) is 0 Å². The lowest BCUT2D eigenvalue weighted by Crippen LogP contribution is -2.33. The number of hydrogen-bond acceptors (Lipinski definition) is 3. The smallest absolute Gasteiger partial charge is 0.0698 e. The van der Waals surface area contributed by atoms with Crippen molar-refractivity contribution in [3.8, 4) is 0 Å². The summed E-state index contributed by atoms with van der Waals surface area (Å²) in [6, 6.07) is 0. The molecule has 14 heavy (non-hydrogen) atoms. The van der Waals surface area contributed by atoms with Gasteiger partial charge in [-0.1, -0.05) is 6.92 Å². The Labute approximate surface area is 86.9 Å². The van der Waals surface area contributed by atoms with Crippen LogP contribution in [0.4, 0.5) is 0 Å².